The van der Waals surface area contributed by atoms with E-state index in [1.165, 1.54) is 28.6 Å². The summed E-state index contributed by atoms with van der Waals surface area (Å²) in [5.74, 6) is -0.272. The van der Waals surface area contributed by atoms with Crippen molar-refractivity contribution < 1.29 is 13.2 Å². The fourth-order valence-electron chi connectivity index (χ4n) is 3.66. The van der Waals surface area contributed by atoms with Crippen LogP contribution in [-0.2, 0) is 21.4 Å². The zero-order valence-electron chi connectivity index (χ0n) is 16.3. The van der Waals surface area contributed by atoms with E-state index in [9.17, 15) is 13.2 Å². The second-order valence-electron chi connectivity index (χ2n) is 7.30. The summed E-state index contributed by atoms with van der Waals surface area (Å²) in [5.41, 5.74) is 1.37. The number of benzene rings is 2. The molecule has 1 amide bonds. The van der Waals surface area contributed by atoms with Crippen molar-refractivity contribution in [2.45, 2.75) is 36.7 Å². The highest BCUT2D eigenvalue weighted by molar-refractivity contribution is 7.89. The molecule has 0 radical (unpaired) electrons. The Hall–Kier alpha value is -2.48. The minimum atomic E-state index is -3.94. The van der Waals surface area contributed by atoms with Gasteiger partial charge in [0, 0.05) is 17.0 Å². The van der Waals surface area contributed by atoms with Crippen LogP contribution in [0.15, 0.2) is 65.6 Å². The van der Waals surface area contributed by atoms with Gasteiger partial charge in [0.1, 0.15) is 6.04 Å². The first-order chi connectivity index (χ1) is 14.4. The first-order valence-corrected chi connectivity index (χ1v) is 11.7. The van der Waals surface area contributed by atoms with E-state index >= 15 is 0 Å². The van der Waals surface area contributed by atoms with E-state index in [-0.39, 0.29) is 17.3 Å². The summed E-state index contributed by atoms with van der Waals surface area (Å²) in [6.45, 7) is 0.562. The molecular formula is C22H22ClN3O3S. The first-order valence-electron chi connectivity index (χ1n) is 9.85. The first kappa shape index (κ1) is 20.8. The molecule has 0 spiro atoms. The van der Waals surface area contributed by atoms with Gasteiger partial charge in [-0.3, -0.25) is 9.78 Å². The van der Waals surface area contributed by atoms with Crippen molar-refractivity contribution in [3.8, 4) is 0 Å². The summed E-state index contributed by atoms with van der Waals surface area (Å²) < 4.78 is 28.4. The lowest BCUT2D eigenvalue weighted by Crippen LogP contribution is -2.48. The Morgan fingerprint density at radius 2 is 1.80 bits per heavy atom. The number of rotatable bonds is 5. The van der Waals surface area contributed by atoms with Crippen LogP contribution >= 0.6 is 11.6 Å². The third-order valence-electron chi connectivity index (χ3n) is 5.25. The number of amides is 1. The van der Waals surface area contributed by atoms with E-state index < -0.39 is 16.1 Å². The number of halogens is 1. The molecule has 2 aromatic carbocycles. The van der Waals surface area contributed by atoms with Gasteiger partial charge in [0.15, 0.2) is 0 Å². The molecule has 1 atom stereocenters. The molecule has 0 aliphatic carbocycles. The van der Waals surface area contributed by atoms with Crippen LogP contribution in [0.4, 0.5) is 0 Å². The van der Waals surface area contributed by atoms with E-state index in [4.69, 9.17) is 11.6 Å². The monoisotopic (exact) mass is 443 g/mol. The van der Waals surface area contributed by atoms with Crippen LogP contribution < -0.4 is 5.32 Å². The summed E-state index contributed by atoms with van der Waals surface area (Å²) in [6, 6.07) is 16.6. The normalized spacial score (nSPS) is 17.7. The van der Waals surface area contributed by atoms with Crippen LogP contribution in [0.5, 0.6) is 0 Å². The smallest absolute Gasteiger partial charge is 0.244 e. The number of hydrogen-bond acceptors (Lipinski definition) is 4. The minimum Gasteiger partial charge on any atom is -0.355 e. The lowest BCUT2D eigenvalue weighted by atomic mass is 10.1. The van der Waals surface area contributed by atoms with E-state index in [0.29, 0.717) is 23.7 Å². The molecule has 3 aromatic rings. The second-order valence-corrected chi connectivity index (χ2v) is 9.63. The number of nitrogens with one attached hydrogen (secondary N) is 1. The summed E-state index contributed by atoms with van der Waals surface area (Å²) in [7, 11) is -3.94. The lowest BCUT2D eigenvalue weighted by molar-refractivity contribution is -0.124. The standard InChI is InChI=1S/C22H22ClN3O3S/c23-17-9-12-19(13-10-17)30(28,29)26(21-7-3-4-14-24-22(21)27)15-18-11-8-16-5-1-2-6-20(16)25-18/h1-2,5-6,8-13,21H,3-4,7,14-15H2,(H,24,27). The van der Waals surface area contributed by atoms with Gasteiger partial charge in [-0.05, 0) is 55.7 Å². The van der Waals surface area contributed by atoms with E-state index in [1.807, 2.05) is 30.3 Å². The van der Waals surface area contributed by atoms with E-state index in [2.05, 4.69) is 10.3 Å². The van der Waals surface area contributed by atoms with Gasteiger partial charge < -0.3 is 5.32 Å². The molecule has 1 fully saturated rings. The SMILES string of the molecule is O=C1NCCCCC1N(Cc1ccc2ccccc2n1)S(=O)(=O)c1ccc(Cl)cc1. The van der Waals surface area contributed by atoms with Crippen molar-refractivity contribution >= 4 is 38.4 Å². The van der Waals surface area contributed by atoms with Crippen LogP contribution in [0.25, 0.3) is 10.9 Å². The number of sulfonamides is 1. The molecule has 1 N–H and O–H groups in total. The highest BCUT2D eigenvalue weighted by Crippen LogP contribution is 2.26. The Bertz CT molecular complexity index is 1170. The number of fused-ring (bicyclic) bond motifs is 1. The molecule has 2 heterocycles. The maximum absolute atomic E-state index is 13.5. The molecule has 8 heteroatoms. The Morgan fingerprint density at radius 3 is 2.60 bits per heavy atom. The lowest BCUT2D eigenvalue weighted by Gasteiger charge is -2.29. The highest BCUT2D eigenvalue weighted by atomic mass is 35.5. The number of hydrogen-bond donors (Lipinski definition) is 1. The number of nitrogens with zero attached hydrogens (tertiary/aromatic N) is 2. The number of carbonyl (C=O) groups excluding carboxylic acids is 1. The zero-order valence-corrected chi connectivity index (χ0v) is 17.9. The Kier molecular flexibility index (Phi) is 6.04. The minimum absolute atomic E-state index is 0.00782. The third-order valence-corrected chi connectivity index (χ3v) is 7.37. The van der Waals surface area contributed by atoms with Crippen LogP contribution in [0.1, 0.15) is 25.0 Å². The highest BCUT2D eigenvalue weighted by Gasteiger charge is 2.36. The molecule has 0 saturated carbocycles. The van der Waals surface area contributed by atoms with Gasteiger partial charge >= 0.3 is 0 Å². The van der Waals surface area contributed by atoms with Gasteiger partial charge in [-0.2, -0.15) is 4.31 Å². The van der Waals surface area contributed by atoms with Gasteiger partial charge in [0.2, 0.25) is 15.9 Å². The largest absolute Gasteiger partial charge is 0.355 e. The average Bonchev–Trinajstić information content (AvgIpc) is 2.96. The van der Waals surface area contributed by atoms with Crippen LogP contribution in [0, 0.1) is 0 Å². The molecule has 1 aliphatic rings. The van der Waals surface area contributed by atoms with Gasteiger partial charge in [-0.25, -0.2) is 8.42 Å². The Balaban J connectivity index is 1.75. The maximum atomic E-state index is 13.5. The van der Waals surface area contributed by atoms with Crippen molar-refractivity contribution in [2.75, 3.05) is 6.54 Å². The maximum Gasteiger partial charge on any atom is 0.244 e. The molecule has 1 unspecified atom stereocenters. The number of para-hydroxylation sites is 1. The molecule has 0 bridgehead atoms. The molecule has 1 aliphatic heterocycles. The predicted molar refractivity (Wildman–Crippen MR) is 117 cm³/mol. The fourth-order valence-corrected chi connectivity index (χ4v) is 5.37. The van der Waals surface area contributed by atoms with Crippen LogP contribution in [0.3, 0.4) is 0 Å². The van der Waals surface area contributed by atoms with Crippen molar-refractivity contribution in [1.29, 1.82) is 0 Å². The quantitative estimate of drug-likeness (QED) is 0.651. The number of aromatic nitrogens is 1. The number of carbonyl (C=O) groups is 1. The topological polar surface area (TPSA) is 79.4 Å². The molecule has 30 heavy (non-hydrogen) atoms. The average molecular weight is 444 g/mol. The van der Waals surface area contributed by atoms with E-state index in [0.717, 1.165) is 23.7 Å². The van der Waals surface area contributed by atoms with Gasteiger partial charge in [0.25, 0.3) is 0 Å². The van der Waals surface area contributed by atoms with Crippen molar-refractivity contribution in [1.82, 2.24) is 14.6 Å². The van der Waals surface area contributed by atoms with Crippen LogP contribution in [-0.4, -0.2) is 36.2 Å². The van der Waals surface area contributed by atoms with Gasteiger partial charge in [-0.1, -0.05) is 35.9 Å². The van der Waals surface area contributed by atoms with E-state index in [1.54, 1.807) is 6.07 Å². The fraction of sp³-hybridized carbons (Fsp3) is 0.273. The molecular weight excluding hydrogens is 422 g/mol. The van der Waals surface area contributed by atoms with Crippen molar-refractivity contribution in [3.63, 3.8) is 0 Å². The summed E-state index contributed by atoms with van der Waals surface area (Å²) >= 11 is 5.94. The molecule has 1 saturated heterocycles. The molecule has 1 aromatic heterocycles. The molecule has 6 nitrogen and oxygen atoms in total. The predicted octanol–water partition coefficient (Wildman–Crippen LogP) is 3.75. The summed E-state index contributed by atoms with van der Waals surface area (Å²) in [4.78, 5) is 17.5. The Labute approximate surface area is 180 Å². The number of pyridine rings is 1. The van der Waals surface area contributed by atoms with Crippen molar-refractivity contribution in [3.05, 3.63) is 71.4 Å². The summed E-state index contributed by atoms with van der Waals surface area (Å²) in [5, 5.41) is 4.26. The van der Waals surface area contributed by atoms with Gasteiger partial charge in [0.05, 0.1) is 22.7 Å². The summed E-state index contributed by atoms with van der Waals surface area (Å²) in [6.07, 6.45) is 2.05. The third kappa shape index (κ3) is 4.33. The second kappa shape index (κ2) is 8.71. The zero-order chi connectivity index (χ0) is 21.1. The van der Waals surface area contributed by atoms with Gasteiger partial charge in [-0.15, -0.1) is 0 Å². The van der Waals surface area contributed by atoms with Crippen LogP contribution in [0.2, 0.25) is 5.02 Å². The molecule has 4 rings (SSSR count). The Morgan fingerprint density at radius 1 is 1.03 bits per heavy atom. The molecule has 156 valence electrons. The van der Waals surface area contributed by atoms with Crippen molar-refractivity contribution in [2.24, 2.45) is 0 Å².